The van der Waals surface area contributed by atoms with Gasteiger partial charge in [-0.05, 0) is 69.6 Å². The number of rotatable bonds is 7. The molecule has 8 atom stereocenters. The molecule has 19 heteroatoms. The number of carbonyl (C=O) groups excluding carboxylic acids is 7. The Morgan fingerprint density at radius 3 is 2.11 bits per heavy atom. The van der Waals surface area contributed by atoms with Crippen molar-refractivity contribution < 1.29 is 53.2 Å². The summed E-state index contributed by atoms with van der Waals surface area (Å²) in [4.78, 5) is 98.6. The van der Waals surface area contributed by atoms with Crippen LogP contribution < -0.4 is 21.5 Å². The highest BCUT2D eigenvalue weighted by Crippen LogP contribution is 2.41. The number of hydrazine groups is 2. The molecule has 6 N–H and O–H groups in total. The van der Waals surface area contributed by atoms with Crippen molar-refractivity contribution in [1.29, 1.82) is 0 Å². The van der Waals surface area contributed by atoms with Gasteiger partial charge in [-0.3, -0.25) is 43.6 Å². The van der Waals surface area contributed by atoms with E-state index in [-0.39, 0.29) is 31.7 Å². The quantitative estimate of drug-likeness (QED) is 0.166. The molecular weight excluding hydrogens is 744 g/mol. The number of esters is 1. The van der Waals surface area contributed by atoms with Crippen molar-refractivity contribution in [1.82, 2.24) is 41.3 Å². The van der Waals surface area contributed by atoms with Gasteiger partial charge >= 0.3 is 5.97 Å². The van der Waals surface area contributed by atoms with Crippen LogP contribution in [0.2, 0.25) is 0 Å². The van der Waals surface area contributed by atoms with E-state index in [1.54, 1.807) is 13.8 Å². The third-order valence-electron chi connectivity index (χ3n) is 11.5. The molecule has 4 rings (SSSR count). The minimum absolute atomic E-state index is 0.0779. The molecule has 4 aliphatic rings. The number of nitrogens with zero attached hydrogens (tertiary/aromatic N) is 4. The number of amides is 6. The first-order valence-corrected chi connectivity index (χ1v) is 20.2. The fourth-order valence-electron chi connectivity index (χ4n) is 7.98. The van der Waals surface area contributed by atoms with Crippen molar-refractivity contribution in [3.63, 3.8) is 0 Å². The van der Waals surface area contributed by atoms with Crippen molar-refractivity contribution in [3.05, 3.63) is 0 Å². The maximum absolute atomic E-state index is 14.9. The summed E-state index contributed by atoms with van der Waals surface area (Å²) in [5.41, 5.74) is 3.31. The van der Waals surface area contributed by atoms with Gasteiger partial charge in [-0.2, -0.15) is 0 Å². The van der Waals surface area contributed by atoms with Gasteiger partial charge in [0.1, 0.15) is 30.8 Å². The fourth-order valence-corrected chi connectivity index (χ4v) is 7.98. The molecule has 57 heavy (non-hydrogen) atoms. The van der Waals surface area contributed by atoms with Crippen molar-refractivity contribution >= 4 is 41.4 Å². The number of fused-ring (bicyclic) bond motifs is 2. The van der Waals surface area contributed by atoms with E-state index in [9.17, 15) is 43.8 Å². The lowest BCUT2D eigenvalue weighted by molar-refractivity contribution is -0.329. The van der Waals surface area contributed by atoms with Gasteiger partial charge in [0.15, 0.2) is 5.60 Å². The molecule has 4 aliphatic heterocycles. The smallest absolute Gasteiger partial charge is 0.325 e. The van der Waals surface area contributed by atoms with Crippen LogP contribution >= 0.6 is 0 Å². The van der Waals surface area contributed by atoms with E-state index >= 15 is 0 Å². The lowest BCUT2D eigenvalue weighted by atomic mass is 9.78. The van der Waals surface area contributed by atoms with Crippen LogP contribution in [0.4, 0.5) is 0 Å². The van der Waals surface area contributed by atoms with Crippen molar-refractivity contribution in [2.75, 3.05) is 46.8 Å². The average molecular weight is 809 g/mol. The first-order valence-electron chi connectivity index (χ1n) is 20.2. The molecule has 0 aromatic heterocycles. The van der Waals surface area contributed by atoms with Crippen LogP contribution in [0.25, 0.3) is 0 Å². The van der Waals surface area contributed by atoms with Gasteiger partial charge < -0.3 is 40.1 Å². The molecule has 322 valence electrons. The van der Waals surface area contributed by atoms with E-state index in [1.807, 2.05) is 6.92 Å². The summed E-state index contributed by atoms with van der Waals surface area (Å²) in [6.07, 6.45) is 1.24. The molecule has 0 aromatic rings. The first-order chi connectivity index (χ1) is 26.7. The van der Waals surface area contributed by atoms with Gasteiger partial charge in [0, 0.05) is 33.6 Å². The Labute approximate surface area is 334 Å². The van der Waals surface area contributed by atoms with Crippen LogP contribution in [0.15, 0.2) is 0 Å². The van der Waals surface area contributed by atoms with E-state index in [4.69, 9.17) is 9.47 Å². The molecule has 0 bridgehead atoms. The minimum atomic E-state index is -2.61. The molecule has 3 unspecified atom stereocenters. The number of aliphatic hydroxyl groups is 2. The molecule has 0 aliphatic carbocycles. The monoisotopic (exact) mass is 808 g/mol. The SMILES string of the molecule is CC[C@@H]1OC(O)(C(C)(O)C(=O)N[C@@H]2C(=O)N3NCCC[C@H]3C(=O)N3NCCC[C@H]3C(=O)NCC(=O)N(C)CC(=O)N(C)CC(=O)OC2C(C)C)CC[C@H]1CC(C)C. The van der Waals surface area contributed by atoms with E-state index in [1.165, 1.54) is 14.1 Å². The normalized spacial score (nSPS) is 31.8. The highest BCUT2D eigenvalue weighted by atomic mass is 16.6. The summed E-state index contributed by atoms with van der Waals surface area (Å²) in [7, 11) is 2.70. The molecule has 6 amide bonds. The molecule has 0 aromatic carbocycles. The largest absolute Gasteiger partial charge is 0.458 e. The Kier molecular flexibility index (Phi) is 15.4. The number of nitrogens with one attached hydrogen (secondary N) is 4. The summed E-state index contributed by atoms with van der Waals surface area (Å²) in [6, 6.07) is -3.99. The van der Waals surface area contributed by atoms with Gasteiger partial charge in [0.05, 0.1) is 19.2 Å². The van der Waals surface area contributed by atoms with Gasteiger partial charge in [-0.1, -0.05) is 34.6 Å². The van der Waals surface area contributed by atoms with Gasteiger partial charge in [0.25, 0.3) is 17.7 Å². The maximum Gasteiger partial charge on any atom is 0.325 e. The van der Waals surface area contributed by atoms with E-state index in [0.29, 0.717) is 38.1 Å². The molecule has 0 spiro atoms. The molecular formula is C38H64N8O11. The van der Waals surface area contributed by atoms with Crippen LogP contribution in [0, 0.1) is 17.8 Å². The first kappa shape index (κ1) is 45.8. The number of cyclic esters (lactones) is 1. The Bertz CT molecular complexity index is 1510. The Balaban J connectivity index is 1.75. The van der Waals surface area contributed by atoms with Gasteiger partial charge in [-0.15, -0.1) is 0 Å². The third kappa shape index (κ3) is 10.6. The zero-order valence-corrected chi connectivity index (χ0v) is 34.7. The van der Waals surface area contributed by atoms with Crippen LogP contribution in [-0.2, 0) is 43.0 Å². The van der Waals surface area contributed by atoms with E-state index in [2.05, 4.69) is 35.3 Å². The minimum Gasteiger partial charge on any atom is -0.458 e. The summed E-state index contributed by atoms with van der Waals surface area (Å²) < 4.78 is 12.0. The topological polar surface area (TPSA) is 239 Å². The Morgan fingerprint density at radius 1 is 0.912 bits per heavy atom. The average Bonchev–Trinajstić information content (AvgIpc) is 3.17. The molecule has 19 nitrogen and oxygen atoms in total. The summed E-state index contributed by atoms with van der Waals surface area (Å²) in [5.74, 6) is -8.07. The number of carbonyl (C=O) groups is 7. The zero-order chi connectivity index (χ0) is 42.4. The summed E-state index contributed by atoms with van der Waals surface area (Å²) >= 11 is 0. The number of hydrogen-bond acceptors (Lipinski definition) is 13. The van der Waals surface area contributed by atoms with Crippen LogP contribution in [0.3, 0.4) is 0 Å². The van der Waals surface area contributed by atoms with Crippen LogP contribution in [0.1, 0.15) is 92.9 Å². The third-order valence-corrected chi connectivity index (χ3v) is 11.5. The molecule has 0 radical (unpaired) electrons. The lowest BCUT2D eigenvalue weighted by Crippen LogP contribution is -2.71. The summed E-state index contributed by atoms with van der Waals surface area (Å²) in [6.45, 7) is 9.54. The van der Waals surface area contributed by atoms with E-state index < -0.39 is 109 Å². The van der Waals surface area contributed by atoms with Gasteiger partial charge in [0.2, 0.25) is 23.5 Å². The van der Waals surface area contributed by atoms with Gasteiger partial charge in [-0.25, -0.2) is 10.9 Å². The highest BCUT2D eigenvalue weighted by Gasteiger charge is 2.57. The second-order valence-corrected chi connectivity index (χ2v) is 16.8. The number of likely N-dealkylation sites (N-methyl/N-ethyl adjacent to an activating group) is 2. The van der Waals surface area contributed by atoms with Crippen molar-refractivity contribution in [2.24, 2.45) is 17.8 Å². The van der Waals surface area contributed by atoms with Crippen molar-refractivity contribution in [2.45, 2.75) is 135 Å². The second-order valence-electron chi connectivity index (χ2n) is 16.8. The molecule has 4 fully saturated rings. The zero-order valence-electron chi connectivity index (χ0n) is 34.7. The highest BCUT2D eigenvalue weighted by molar-refractivity contribution is 5.97. The van der Waals surface area contributed by atoms with E-state index in [0.717, 1.165) is 33.2 Å². The maximum atomic E-state index is 14.9. The predicted molar refractivity (Wildman–Crippen MR) is 204 cm³/mol. The second kappa shape index (κ2) is 19.2. The molecule has 0 saturated carbocycles. The Morgan fingerprint density at radius 2 is 1.51 bits per heavy atom. The van der Waals surface area contributed by atoms with Crippen molar-refractivity contribution in [3.8, 4) is 0 Å². The number of ether oxygens (including phenoxy) is 2. The Hall–Kier alpha value is -3.91. The molecule has 4 saturated heterocycles. The fraction of sp³-hybridized carbons (Fsp3) is 0.816. The van der Waals surface area contributed by atoms with Crippen LogP contribution in [0.5, 0.6) is 0 Å². The molecule has 4 heterocycles. The summed E-state index contributed by atoms with van der Waals surface area (Å²) in [5, 5.41) is 31.0. The predicted octanol–water partition coefficient (Wildman–Crippen LogP) is -1.23. The van der Waals surface area contributed by atoms with Crippen LogP contribution in [-0.4, -0.2) is 160 Å². The number of hydrogen-bond donors (Lipinski definition) is 6. The standard InChI is InChI=1S/C38H64N8O11/c1-9-27-24(18-22(2)3)14-15-38(55,57-27)37(6,54)36(53)42-31-32(23(4)5)56-30(49)21-44(8)29(48)20-43(7)28(47)19-39-33(50)25-12-10-16-40-45(25)34(51)26-13-11-17-41-46(26)35(31)52/h22-27,31-32,40-41,54-55H,9-21H2,1-8H3,(H,39,50)(H,42,53)/t24-,25-,26-,27-,31-,32?,37?,38?/m0/s1. The lowest BCUT2D eigenvalue weighted by Gasteiger charge is -2.48.